The van der Waals surface area contributed by atoms with Crippen LogP contribution in [-0.2, 0) is 0 Å². The highest BCUT2D eigenvalue weighted by Gasteiger charge is 2.30. The molecule has 1 unspecified atom stereocenters. The number of hydrogen-bond acceptors (Lipinski definition) is 2. The van der Waals surface area contributed by atoms with Crippen molar-refractivity contribution in [1.29, 1.82) is 0 Å². The molecule has 1 amide bonds. The first kappa shape index (κ1) is 21.4. The van der Waals surface area contributed by atoms with Crippen molar-refractivity contribution in [2.75, 3.05) is 26.2 Å². The second kappa shape index (κ2) is 9.12. The van der Waals surface area contributed by atoms with Gasteiger partial charge >= 0.3 is 0 Å². The molecule has 3 aromatic carbocycles. The van der Waals surface area contributed by atoms with Crippen molar-refractivity contribution in [3.8, 4) is 0 Å². The Bertz CT molecular complexity index is 1070. The summed E-state index contributed by atoms with van der Waals surface area (Å²) in [5.41, 5.74) is 1.72. The molecule has 1 atom stereocenters. The maximum absolute atomic E-state index is 14.0. The lowest BCUT2D eigenvalue weighted by Crippen LogP contribution is -2.50. The maximum atomic E-state index is 14.0. The lowest BCUT2D eigenvalue weighted by Gasteiger charge is -2.39. The Morgan fingerprint density at radius 2 is 1.35 bits per heavy atom. The van der Waals surface area contributed by atoms with Crippen molar-refractivity contribution in [3.05, 3.63) is 106 Å². The van der Waals surface area contributed by atoms with E-state index in [0.29, 0.717) is 43.3 Å². The molecular formula is C24H20ClF3N2O. The van der Waals surface area contributed by atoms with Gasteiger partial charge in [0.25, 0.3) is 5.91 Å². The first-order valence-electron chi connectivity index (χ1n) is 9.92. The van der Waals surface area contributed by atoms with E-state index in [2.05, 4.69) is 4.90 Å². The summed E-state index contributed by atoms with van der Waals surface area (Å²) < 4.78 is 40.8. The van der Waals surface area contributed by atoms with Crippen LogP contribution < -0.4 is 0 Å². The Hall–Kier alpha value is -2.83. The molecular weight excluding hydrogens is 425 g/mol. The molecule has 1 aliphatic rings. The SMILES string of the molecule is O=C(c1cc(F)c(F)cc1F)N1CCN(C(c2ccccc2)c2ccc(Cl)cc2)CC1. The van der Waals surface area contributed by atoms with Crippen LogP contribution in [0.2, 0.25) is 5.02 Å². The molecule has 0 spiro atoms. The van der Waals surface area contributed by atoms with Crippen LogP contribution >= 0.6 is 11.6 Å². The van der Waals surface area contributed by atoms with Crippen molar-refractivity contribution in [1.82, 2.24) is 9.80 Å². The van der Waals surface area contributed by atoms with E-state index >= 15 is 0 Å². The molecule has 3 aromatic rings. The minimum absolute atomic E-state index is 0.0317. The van der Waals surface area contributed by atoms with Gasteiger partial charge in [-0.05, 0) is 29.3 Å². The van der Waals surface area contributed by atoms with Gasteiger partial charge in [-0.3, -0.25) is 9.69 Å². The summed E-state index contributed by atoms with van der Waals surface area (Å²) in [5.74, 6) is -4.25. The van der Waals surface area contributed by atoms with Gasteiger partial charge < -0.3 is 4.90 Å². The van der Waals surface area contributed by atoms with Crippen molar-refractivity contribution in [3.63, 3.8) is 0 Å². The number of rotatable bonds is 4. The summed E-state index contributed by atoms with van der Waals surface area (Å²) in [4.78, 5) is 16.4. The van der Waals surface area contributed by atoms with E-state index in [-0.39, 0.29) is 6.04 Å². The molecule has 0 aromatic heterocycles. The van der Waals surface area contributed by atoms with E-state index in [9.17, 15) is 18.0 Å². The van der Waals surface area contributed by atoms with Gasteiger partial charge in [-0.15, -0.1) is 0 Å². The minimum atomic E-state index is -1.31. The number of benzene rings is 3. The van der Waals surface area contributed by atoms with Gasteiger partial charge in [-0.2, -0.15) is 0 Å². The number of carbonyl (C=O) groups excluding carboxylic acids is 1. The highest BCUT2D eigenvalue weighted by Crippen LogP contribution is 2.30. The molecule has 1 heterocycles. The van der Waals surface area contributed by atoms with Crippen LogP contribution in [0.15, 0.2) is 66.7 Å². The first-order valence-corrected chi connectivity index (χ1v) is 10.3. The second-order valence-electron chi connectivity index (χ2n) is 7.44. The van der Waals surface area contributed by atoms with Crippen LogP contribution in [-0.4, -0.2) is 41.9 Å². The molecule has 1 aliphatic heterocycles. The fourth-order valence-corrected chi connectivity index (χ4v) is 4.06. The normalized spacial score (nSPS) is 15.7. The van der Waals surface area contributed by atoms with Gasteiger partial charge in [0.05, 0.1) is 11.6 Å². The van der Waals surface area contributed by atoms with Crippen LogP contribution in [0, 0.1) is 17.5 Å². The average Bonchev–Trinajstić information content (AvgIpc) is 2.78. The average molecular weight is 445 g/mol. The van der Waals surface area contributed by atoms with E-state index in [1.54, 1.807) is 0 Å². The minimum Gasteiger partial charge on any atom is -0.336 e. The second-order valence-corrected chi connectivity index (χ2v) is 7.88. The summed E-state index contributed by atoms with van der Waals surface area (Å²) in [7, 11) is 0. The Morgan fingerprint density at radius 3 is 2.00 bits per heavy atom. The molecule has 160 valence electrons. The van der Waals surface area contributed by atoms with Crippen LogP contribution in [0.5, 0.6) is 0 Å². The van der Waals surface area contributed by atoms with Crippen LogP contribution in [0.3, 0.4) is 0 Å². The first-order chi connectivity index (χ1) is 14.9. The van der Waals surface area contributed by atoms with Crippen molar-refractivity contribution >= 4 is 17.5 Å². The summed E-state index contributed by atoms with van der Waals surface area (Å²) in [6.07, 6.45) is 0. The third kappa shape index (κ3) is 4.60. The van der Waals surface area contributed by atoms with Crippen molar-refractivity contribution in [2.45, 2.75) is 6.04 Å². The van der Waals surface area contributed by atoms with E-state index < -0.39 is 28.9 Å². The molecule has 0 bridgehead atoms. The standard InChI is InChI=1S/C24H20ClF3N2O/c25-18-8-6-17(7-9-18)23(16-4-2-1-3-5-16)29-10-12-30(13-11-29)24(31)19-14-21(27)22(28)15-20(19)26/h1-9,14-15,23H,10-13H2. The predicted molar refractivity (Wildman–Crippen MR) is 114 cm³/mol. The zero-order chi connectivity index (χ0) is 22.0. The third-order valence-corrected chi connectivity index (χ3v) is 5.76. The highest BCUT2D eigenvalue weighted by molar-refractivity contribution is 6.30. The number of hydrogen-bond donors (Lipinski definition) is 0. The number of piperazine rings is 1. The van der Waals surface area contributed by atoms with Gasteiger partial charge in [-0.25, -0.2) is 13.2 Å². The van der Waals surface area contributed by atoms with E-state index in [4.69, 9.17) is 11.6 Å². The molecule has 0 radical (unpaired) electrons. The van der Waals surface area contributed by atoms with Gasteiger partial charge in [0.2, 0.25) is 0 Å². The maximum Gasteiger partial charge on any atom is 0.257 e. The molecule has 0 aliphatic carbocycles. The highest BCUT2D eigenvalue weighted by atomic mass is 35.5. The number of halogens is 4. The third-order valence-electron chi connectivity index (χ3n) is 5.51. The number of amides is 1. The summed E-state index contributed by atoms with van der Waals surface area (Å²) in [5, 5.41) is 0.652. The monoisotopic (exact) mass is 444 g/mol. The molecule has 3 nitrogen and oxygen atoms in total. The number of carbonyl (C=O) groups is 1. The lowest BCUT2D eigenvalue weighted by atomic mass is 9.96. The molecule has 0 saturated carbocycles. The Morgan fingerprint density at radius 1 is 0.774 bits per heavy atom. The van der Waals surface area contributed by atoms with Crippen molar-refractivity contribution < 1.29 is 18.0 Å². The van der Waals surface area contributed by atoms with Crippen molar-refractivity contribution in [2.24, 2.45) is 0 Å². The fourth-order valence-electron chi connectivity index (χ4n) is 3.93. The smallest absolute Gasteiger partial charge is 0.257 e. The zero-order valence-corrected chi connectivity index (χ0v) is 17.3. The molecule has 1 saturated heterocycles. The molecule has 31 heavy (non-hydrogen) atoms. The molecule has 4 rings (SSSR count). The molecule has 7 heteroatoms. The molecule has 1 fully saturated rings. The number of nitrogens with zero attached hydrogens (tertiary/aromatic N) is 2. The largest absolute Gasteiger partial charge is 0.336 e. The van der Waals surface area contributed by atoms with Gasteiger partial charge in [0, 0.05) is 37.3 Å². The quantitative estimate of drug-likeness (QED) is 0.509. The fraction of sp³-hybridized carbons (Fsp3) is 0.208. The lowest BCUT2D eigenvalue weighted by molar-refractivity contribution is 0.0592. The Kier molecular flexibility index (Phi) is 6.30. The molecule has 0 N–H and O–H groups in total. The summed E-state index contributed by atoms with van der Waals surface area (Å²) in [6, 6.07) is 18.7. The van der Waals surface area contributed by atoms with Crippen LogP contribution in [0.25, 0.3) is 0 Å². The van der Waals surface area contributed by atoms with Crippen LogP contribution in [0.4, 0.5) is 13.2 Å². The van der Waals surface area contributed by atoms with Gasteiger partial charge in [0.1, 0.15) is 5.82 Å². The Labute approximate surface area is 183 Å². The van der Waals surface area contributed by atoms with Gasteiger partial charge in [-0.1, -0.05) is 54.1 Å². The van der Waals surface area contributed by atoms with E-state index in [0.717, 1.165) is 11.1 Å². The predicted octanol–water partition coefficient (Wildman–Crippen LogP) is 5.30. The zero-order valence-electron chi connectivity index (χ0n) is 16.6. The topological polar surface area (TPSA) is 23.6 Å². The van der Waals surface area contributed by atoms with Gasteiger partial charge in [0.15, 0.2) is 11.6 Å². The summed E-state index contributed by atoms with van der Waals surface area (Å²) >= 11 is 6.06. The summed E-state index contributed by atoms with van der Waals surface area (Å²) in [6.45, 7) is 1.76. The van der Waals surface area contributed by atoms with E-state index in [1.807, 2.05) is 54.6 Å². The van der Waals surface area contributed by atoms with Crippen LogP contribution in [0.1, 0.15) is 27.5 Å². The Balaban J connectivity index is 1.53. The van der Waals surface area contributed by atoms with E-state index in [1.165, 1.54) is 4.90 Å².